The van der Waals surface area contributed by atoms with Gasteiger partial charge in [-0.15, -0.1) is 0 Å². The summed E-state index contributed by atoms with van der Waals surface area (Å²) in [6.07, 6.45) is 3.63. The van der Waals surface area contributed by atoms with Gasteiger partial charge < -0.3 is 9.15 Å². The van der Waals surface area contributed by atoms with Crippen LogP contribution in [0.1, 0.15) is 29.2 Å². The van der Waals surface area contributed by atoms with Crippen LogP contribution < -0.4 is 16.0 Å². The molecular weight excluding hydrogens is 264 g/mol. The van der Waals surface area contributed by atoms with Crippen molar-refractivity contribution in [2.24, 2.45) is 5.84 Å². The van der Waals surface area contributed by atoms with Gasteiger partial charge in [0.2, 0.25) is 0 Å². The standard InChI is InChI=1S/C14H15ClN2O2/c15-14-11(6-8-19-14)12(17-16)10-5-1-3-9-4-2-7-18-13(9)10/h1,3,5-6,8,12,17H,2,4,7,16H2. The molecule has 3 N–H and O–H groups in total. The third-order valence-corrected chi connectivity index (χ3v) is 3.71. The third kappa shape index (κ3) is 2.23. The van der Waals surface area contributed by atoms with Gasteiger partial charge in [0, 0.05) is 11.1 Å². The van der Waals surface area contributed by atoms with Gasteiger partial charge in [0.15, 0.2) is 5.22 Å². The number of halogens is 1. The van der Waals surface area contributed by atoms with Crippen LogP contribution in [0.25, 0.3) is 0 Å². The van der Waals surface area contributed by atoms with Gasteiger partial charge in [-0.25, -0.2) is 5.43 Å². The van der Waals surface area contributed by atoms with Crippen LogP contribution in [0.2, 0.25) is 5.22 Å². The lowest BCUT2D eigenvalue weighted by Gasteiger charge is -2.24. The first-order chi connectivity index (χ1) is 9.31. The Morgan fingerprint density at radius 2 is 2.16 bits per heavy atom. The molecule has 0 amide bonds. The first-order valence-corrected chi connectivity index (χ1v) is 6.62. The molecule has 19 heavy (non-hydrogen) atoms. The monoisotopic (exact) mass is 278 g/mol. The smallest absolute Gasteiger partial charge is 0.198 e. The van der Waals surface area contributed by atoms with Gasteiger partial charge in [0.25, 0.3) is 0 Å². The second-order valence-electron chi connectivity index (χ2n) is 4.54. The molecule has 0 radical (unpaired) electrons. The largest absolute Gasteiger partial charge is 0.493 e. The minimum absolute atomic E-state index is 0.237. The van der Waals surface area contributed by atoms with Gasteiger partial charge in [0.1, 0.15) is 5.75 Å². The van der Waals surface area contributed by atoms with Gasteiger partial charge in [-0.3, -0.25) is 5.84 Å². The summed E-state index contributed by atoms with van der Waals surface area (Å²) in [6, 6.07) is 7.68. The Morgan fingerprint density at radius 1 is 1.26 bits per heavy atom. The number of aryl methyl sites for hydroxylation is 1. The van der Waals surface area contributed by atoms with Crippen LogP contribution in [0.3, 0.4) is 0 Å². The number of hydrogen-bond acceptors (Lipinski definition) is 4. The van der Waals surface area contributed by atoms with Crippen molar-refractivity contribution >= 4 is 11.6 Å². The maximum atomic E-state index is 6.04. The first kappa shape index (κ1) is 12.5. The van der Waals surface area contributed by atoms with Crippen molar-refractivity contribution in [3.63, 3.8) is 0 Å². The summed E-state index contributed by atoms with van der Waals surface area (Å²) >= 11 is 6.04. The number of nitrogens with one attached hydrogen (secondary N) is 1. The topological polar surface area (TPSA) is 60.4 Å². The molecule has 3 rings (SSSR count). The van der Waals surface area contributed by atoms with Crippen LogP contribution in [-0.2, 0) is 6.42 Å². The molecular formula is C14H15ClN2O2. The summed E-state index contributed by atoms with van der Waals surface area (Å²) in [5, 5.41) is 0.344. The van der Waals surface area contributed by atoms with E-state index in [9.17, 15) is 0 Å². The van der Waals surface area contributed by atoms with E-state index in [4.69, 9.17) is 26.6 Å². The normalized spacial score (nSPS) is 15.7. The molecule has 2 heterocycles. The Balaban J connectivity index is 2.07. The molecule has 100 valence electrons. The summed E-state index contributed by atoms with van der Waals surface area (Å²) in [5.74, 6) is 6.60. The molecule has 5 heteroatoms. The van der Waals surface area contributed by atoms with Crippen LogP contribution in [0.4, 0.5) is 0 Å². The van der Waals surface area contributed by atoms with Gasteiger partial charge in [-0.05, 0) is 36.1 Å². The van der Waals surface area contributed by atoms with Crippen molar-refractivity contribution < 1.29 is 9.15 Å². The zero-order valence-corrected chi connectivity index (χ0v) is 11.1. The van der Waals surface area contributed by atoms with E-state index in [2.05, 4.69) is 11.5 Å². The Bertz CT molecular complexity index is 583. The second-order valence-corrected chi connectivity index (χ2v) is 4.88. The highest BCUT2D eigenvalue weighted by Crippen LogP contribution is 2.37. The van der Waals surface area contributed by atoms with Crippen molar-refractivity contribution in [1.82, 2.24) is 5.43 Å². The molecule has 0 fully saturated rings. The molecule has 1 aromatic heterocycles. The van der Waals surface area contributed by atoms with Crippen LogP contribution >= 0.6 is 11.6 Å². The molecule has 1 unspecified atom stereocenters. The Morgan fingerprint density at radius 3 is 2.89 bits per heavy atom. The van der Waals surface area contributed by atoms with Crippen LogP contribution in [0.15, 0.2) is 34.9 Å². The van der Waals surface area contributed by atoms with Crippen molar-refractivity contribution in [2.75, 3.05) is 6.61 Å². The maximum Gasteiger partial charge on any atom is 0.198 e. The molecule has 0 bridgehead atoms. The summed E-state index contributed by atoms with van der Waals surface area (Å²) in [7, 11) is 0. The van der Waals surface area contributed by atoms with Crippen molar-refractivity contribution in [2.45, 2.75) is 18.9 Å². The predicted molar refractivity (Wildman–Crippen MR) is 73.1 cm³/mol. The molecule has 0 aliphatic carbocycles. The molecule has 4 nitrogen and oxygen atoms in total. The first-order valence-electron chi connectivity index (χ1n) is 6.25. The number of ether oxygens (including phenoxy) is 1. The van der Waals surface area contributed by atoms with E-state index in [1.54, 1.807) is 6.26 Å². The zero-order valence-electron chi connectivity index (χ0n) is 10.4. The number of rotatable bonds is 3. The predicted octanol–water partition coefficient (Wildman–Crippen LogP) is 2.81. The second kappa shape index (κ2) is 5.25. The van der Waals surface area contributed by atoms with E-state index in [1.807, 2.05) is 18.2 Å². The molecule has 0 saturated heterocycles. The minimum atomic E-state index is -0.237. The molecule has 1 aromatic carbocycles. The van der Waals surface area contributed by atoms with Gasteiger partial charge in [-0.1, -0.05) is 18.2 Å². The van der Waals surface area contributed by atoms with Gasteiger partial charge in [0.05, 0.1) is 18.9 Å². The average molecular weight is 279 g/mol. The van der Waals surface area contributed by atoms with E-state index >= 15 is 0 Å². The summed E-state index contributed by atoms with van der Waals surface area (Å²) in [5.41, 5.74) is 5.80. The van der Waals surface area contributed by atoms with Gasteiger partial charge in [-0.2, -0.15) is 0 Å². The van der Waals surface area contributed by atoms with Crippen LogP contribution in [0, 0.1) is 0 Å². The maximum absolute atomic E-state index is 6.04. The van der Waals surface area contributed by atoms with E-state index in [0.29, 0.717) is 5.22 Å². The molecule has 1 aliphatic rings. The SMILES string of the molecule is NNC(c1ccoc1Cl)c1cccc2c1OCCC2. The highest BCUT2D eigenvalue weighted by atomic mass is 35.5. The lowest BCUT2D eigenvalue weighted by molar-refractivity contribution is 0.283. The van der Waals surface area contributed by atoms with Crippen molar-refractivity contribution in [3.05, 3.63) is 52.4 Å². The molecule has 0 spiro atoms. The highest BCUT2D eigenvalue weighted by Gasteiger charge is 2.24. The Labute approximate surface area is 116 Å². The van der Waals surface area contributed by atoms with E-state index in [-0.39, 0.29) is 6.04 Å². The van der Waals surface area contributed by atoms with E-state index < -0.39 is 0 Å². The molecule has 1 atom stereocenters. The fraction of sp³-hybridized carbons (Fsp3) is 0.286. The number of hydrazine groups is 1. The molecule has 0 saturated carbocycles. The zero-order chi connectivity index (χ0) is 13.2. The Kier molecular flexibility index (Phi) is 3.46. The molecule has 2 aromatic rings. The lowest BCUT2D eigenvalue weighted by Crippen LogP contribution is -2.29. The van der Waals surface area contributed by atoms with Gasteiger partial charge >= 0.3 is 0 Å². The number of para-hydroxylation sites is 1. The van der Waals surface area contributed by atoms with E-state index in [0.717, 1.165) is 36.3 Å². The van der Waals surface area contributed by atoms with Crippen molar-refractivity contribution in [3.8, 4) is 5.75 Å². The third-order valence-electron chi connectivity index (χ3n) is 3.40. The number of nitrogens with two attached hydrogens (primary N) is 1. The quantitative estimate of drug-likeness (QED) is 0.669. The number of fused-ring (bicyclic) bond motifs is 1. The lowest BCUT2D eigenvalue weighted by atomic mass is 9.95. The number of benzene rings is 1. The fourth-order valence-corrected chi connectivity index (χ4v) is 2.72. The summed E-state index contributed by atoms with van der Waals surface area (Å²) in [6.45, 7) is 0.737. The highest BCUT2D eigenvalue weighted by molar-refractivity contribution is 6.29. The van der Waals surface area contributed by atoms with E-state index in [1.165, 1.54) is 5.56 Å². The van der Waals surface area contributed by atoms with Crippen molar-refractivity contribution in [1.29, 1.82) is 0 Å². The number of furan rings is 1. The van der Waals surface area contributed by atoms with Crippen LogP contribution in [-0.4, -0.2) is 6.61 Å². The minimum Gasteiger partial charge on any atom is -0.493 e. The molecule has 1 aliphatic heterocycles. The van der Waals surface area contributed by atoms with Crippen LogP contribution in [0.5, 0.6) is 5.75 Å². The Hall–Kier alpha value is -1.49. The summed E-state index contributed by atoms with van der Waals surface area (Å²) < 4.78 is 10.9. The number of hydrogen-bond donors (Lipinski definition) is 2. The summed E-state index contributed by atoms with van der Waals surface area (Å²) in [4.78, 5) is 0. The fourth-order valence-electron chi connectivity index (χ4n) is 2.50. The average Bonchev–Trinajstić information content (AvgIpc) is 2.86.